The number of hydrogen-bond donors (Lipinski definition) is 0. The summed E-state index contributed by atoms with van der Waals surface area (Å²) >= 11 is 0. The SMILES string of the molecule is O=C(c1ccoc1)N1CCC[C@H]1[C@H]1CCCN1Cc1ccccc1. The standard InChI is InChI=1S/C20H24N2O2/c23-20(17-10-13-24-15-17)22-12-5-9-19(22)18-8-4-11-21(18)14-16-6-2-1-3-7-16/h1-3,6-7,10,13,15,18-19H,4-5,8-9,11-12,14H2/t18-,19+/m1/s1. The molecule has 2 saturated heterocycles. The molecule has 1 aromatic carbocycles. The van der Waals surface area contributed by atoms with Gasteiger partial charge in [0.25, 0.3) is 5.91 Å². The van der Waals surface area contributed by atoms with Crippen LogP contribution in [-0.2, 0) is 6.54 Å². The van der Waals surface area contributed by atoms with Gasteiger partial charge in [-0.25, -0.2) is 0 Å². The fourth-order valence-electron chi connectivity index (χ4n) is 4.30. The minimum atomic E-state index is 0.123. The molecule has 2 fully saturated rings. The Morgan fingerprint density at radius 1 is 1.04 bits per heavy atom. The first-order valence-corrected chi connectivity index (χ1v) is 8.94. The molecule has 0 radical (unpaired) electrons. The highest BCUT2D eigenvalue weighted by atomic mass is 16.3. The van der Waals surface area contributed by atoms with E-state index in [-0.39, 0.29) is 5.91 Å². The lowest BCUT2D eigenvalue weighted by Crippen LogP contribution is -2.48. The maximum atomic E-state index is 12.8. The Morgan fingerprint density at radius 3 is 2.62 bits per heavy atom. The number of benzene rings is 1. The van der Waals surface area contributed by atoms with Gasteiger partial charge in [0.1, 0.15) is 6.26 Å². The molecule has 126 valence electrons. The molecule has 2 aliphatic rings. The predicted octanol–water partition coefficient (Wildman–Crippen LogP) is 3.55. The molecule has 2 aliphatic heterocycles. The first kappa shape index (κ1) is 15.5. The van der Waals surface area contributed by atoms with Crippen LogP contribution in [0.25, 0.3) is 0 Å². The predicted molar refractivity (Wildman–Crippen MR) is 92.6 cm³/mol. The van der Waals surface area contributed by atoms with Gasteiger partial charge in [-0.2, -0.15) is 0 Å². The molecule has 1 aromatic heterocycles. The van der Waals surface area contributed by atoms with Crippen molar-refractivity contribution >= 4 is 5.91 Å². The van der Waals surface area contributed by atoms with Crippen molar-refractivity contribution in [1.82, 2.24) is 9.80 Å². The number of furan rings is 1. The normalized spacial score (nSPS) is 24.6. The van der Waals surface area contributed by atoms with Crippen LogP contribution < -0.4 is 0 Å². The van der Waals surface area contributed by atoms with Crippen LogP contribution in [0.3, 0.4) is 0 Å². The zero-order valence-corrected chi connectivity index (χ0v) is 13.9. The fourth-order valence-corrected chi connectivity index (χ4v) is 4.30. The van der Waals surface area contributed by atoms with E-state index in [1.54, 1.807) is 18.6 Å². The second-order valence-corrected chi connectivity index (χ2v) is 6.89. The number of likely N-dealkylation sites (tertiary alicyclic amines) is 2. The maximum Gasteiger partial charge on any atom is 0.257 e. The van der Waals surface area contributed by atoms with Crippen LogP contribution in [0.5, 0.6) is 0 Å². The van der Waals surface area contributed by atoms with Crippen LogP contribution in [0.2, 0.25) is 0 Å². The minimum Gasteiger partial charge on any atom is -0.472 e. The van der Waals surface area contributed by atoms with E-state index in [1.807, 2.05) is 0 Å². The topological polar surface area (TPSA) is 36.7 Å². The molecule has 0 spiro atoms. The van der Waals surface area contributed by atoms with E-state index in [1.165, 1.54) is 18.4 Å². The van der Waals surface area contributed by atoms with E-state index >= 15 is 0 Å². The molecule has 2 aromatic rings. The Balaban J connectivity index is 1.49. The third-order valence-electron chi connectivity index (χ3n) is 5.42. The Kier molecular flexibility index (Phi) is 4.39. The molecule has 4 rings (SSSR count). The van der Waals surface area contributed by atoms with Gasteiger partial charge in [0.2, 0.25) is 0 Å². The summed E-state index contributed by atoms with van der Waals surface area (Å²) in [6, 6.07) is 13.2. The second-order valence-electron chi connectivity index (χ2n) is 6.89. The van der Waals surface area contributed by atoms with Crippen molar-refractivity contribution in [2.45, 2.75) is 44.3 Å². The molecule has 0 aliphatic carbocycles. The fraction of sp³-hybridized carbons (Fsp3) is 0.450. The monoisotopic (exact) mass is 324 g/mol. The summed E-state index contributed by atoms with van der Waals surface area (Å²) in [5.74, 6) is 0.123. The van der Waals surface area contributed by atoms with Crippen molar-refractivity contribution in [2.24, 2.45) is 0 Å². The van der Waals surface area contributed by atoms with E-state index in [0.717, 1.165) is 32.5 Å². The number of nitrogens with zero attached hydrogens (tertiary/aromatic N) is 2. The van der Waals surface area contributed by atoms with Crippen LogP contribution >= 0.6 is 0 Å². The summed E-state index contributed by atoms with van der Waals surface area (Å²) in [4.78, 5) is 17.4. The van der Waals surface area contributed by atoms with Gasteiger partial charge in [-0.3, -0.25) is 9.69 Å². The molecule has 2 atom stereocenters. The summed E-state index contributed by atoms with van der Waals surface area (Å²) in [5, 5.41) is 0. The van der Waals surface area contributed by atoms with Crippen molar-refractivity contribution in [1.29, 1.82) is 0 Å². The molecular formula is C20H24N2O2. The van der Waals surface area contributed by atoms with Crippen molar-refractivity contribution in [2.75, 3.05) is 13.1 Å². The van der Waals surface area contributed by atoms with Crippen molar-refractivity contribution in [3.63, 3.8) is 0 Å². The van der Waals surface area contributed by atoms with Crippen LogP contribution in [0, 0.1) is 0 Å². The molecule has 3 heterocycles. The highest BCUT2D eigenvalue weighted by Crippen LogP contribution is 2.32. The summed E-state index contributed by atoms with van der Waals surface area (Å²) in [5.41, 5.74) is 2.03. The van der Waals surface area contributed by atoms with Gasteiger partial charge in [-0.1, -0.05) is 30.3 Å². The van der Waals surface area contributed by atoms with Crippen molar-refractivity contribution in [3.05, 3.63) is 60.1 Å². The van der Waals surface area contributed by atoms with Crippen LogP contribution in [0.1, 0.15) is 41.6 Å². The summed E-state index contributed by atoms with van der Waals surface area (Å²) < 4.78 is 5.10. The summed E-state index contributed by atoms with van der Waals surface area (Å²) in [6.45, 7) is 2.98. The first-order chi connectivity index (χ1) is 11.8. The van der Waals surface area contributed by atoms with Crippen LogP contribution in [0.4, 0.5) is 0 Å². The first-order valence-electron chi connectivity index (χ1n) is 8.94. The van der Waals surface area contributed by atoms with E-state index < -0.39 is 0 Å². The zero-order chi connectivity index (χ0) is 16.4. The van der Waals surface area contributed by atoms with Crippen LogP contribution in [-0.4, -0.2) is 40.9 Å². The summed E-state index contributed by atoms with van der Waals surface area (Å²) in [7, 11) is 0. The largest absolute Gasteiger partial charge is 0.472 e. The van der Waals surface area contributed by atoms with Gasteiger partial charge < -0.3 is 9.32 Å². The van der Waals surface area contributed by atoms with Crippen molar-refractivity contribution in [3.8, 4) is 0 Å². The van der Waals surface area contributed by atoms with E-state index in [2.05, 4.69) is 40.1 Å². The lowest BCUT2D eigenvalue weighted by Gasteiger charge is -2.35. The smallest absolute Gasteiger partial charge is 0.257 e. The zero-order valence-electron chi connectivity index (χ0n) is 13.9. The number of carbonyl (C=O) groups is 1. The number of rotatable bonds is 4. The quantitative estimate of drug-likeness (QED) is 0.863. The Bertz CT molecular complexity index is 668. The molecule has 0 N–H and O–H groups in total. The molecule has 4 heteroatoms. The van der Waals surface area contributed by atoms with Gasteiger partial charge in [-0.15, -0.1) is 0 Å². The third kappa shape index (κ3) is 2.98. The highest BCUT2D eigenvalue weighted by molar-refractivity contribution is 5.94. The molecule has 0 saturated carbocycles. The highest BCUT2D eigenvalue weighted by Gasteiger charge is 2.39. The second kappa shape index (κ2) is 6.81. The average Bonchev–Trinajstić information content (AvgIpc) is 3.36. The number of carbonyl (C=O) groups excluding carboxylic acids is 1. The number of hydrogen-bond acceptors (Lipinski definition) is 3. The molecule has 1 amide bonds. The average molecular weight is 324 g/mol. The van der Waals surface area contributed by atoms with Gasteiger partial charge in [0.05, 0.1) is 11.8 Å². The minimum absolute atomic E-state index is 0.123. The number of amides is 1. The van der Waals surface area contributed by atoms with Gasteiger partial charge in [0.15, 0.2) is 0 Å². The van der Waals surface area contributed by atoms with E-state index in [9.17, 15) is 4.79 Å². The van der Waals surface area contributed by atoms with E-state index in [4.69, 9.17) is 4.42 Å². The lowest BCUT2D eigenvalue weighted by atomic mass is 10.0. The van der Waals surface area contributed by atoms with Gasteiger partial charge in [0, 0.05) is 25.2 Å². The Morgan fingerprint density at radius 2 is 1.83 bits per heavy atom. The summed E-state index contributed by atoms with van der Waals surface area (Å²) in [6.07, 6.45) is 7.77. The third-order valence-corrected chi connectivity index (χ3v) is 5.42. The Labute approximate surface area is 143 Å². The van der Waals surface area contributed by atoms with Crippen molar-refractivity contribution < 1.29 is 9.21 Å². The van der Waals surface area contributed by atoms with E-state index in [0.29, 0.717) is 17.6 Å². The van der Waals surface area contributed by atoms with Gasteiger partial charge in [-0.05, 0) is 43.9 Å². The lowest BCUT2D eigenvalue weighted by molar-refractivity contribution is 0.0638. The molecule has 0 bridgehead atoms. The maximum absolute atomic E-state index is 12.8. The molecule has 0 unspecified atom stereocenters. The van der Waals surface area contributed by atoms with Crippen LogP contribution in [0.15, 0.2) is 53.3 Å². The van der Waals surface area contributed by atoms with Gasteiger partial charge >= 0.3 is 0 Å². The molecule has 4 nitrogen and oxygen atoms in total. The molecule has 24 heavy (non-hydrogen) atoms. The Hall–Kier alpha value is -2.07. The molecular weight excluding hydrogens is 300 g/mol.